The van der Waals surface area contributed by atoms with Crippen molar-refractivity contribution in [3.05, 3.63) is 52.8 Å². The van der Waals surface area contributed by atoms with Crippen molar-refractivity contribution in [3.63, 3.8) is 0 Å². The van der Waals surface area contributed by atoms with Gasteiger partial charge in [0.1, 0.15) is 0 Å². The predicted octanol–water partition coefficient (Wildman–Crippen LogP) is 4.06. The molecule has 3 rings (SSSR count). The Kier molecular flexibility index (Phi) is 4.57. The van der Waals surface area contributed by atoms with Gasteiger partial charge in [-0.15, -0.1) is 0 Å². The Bertz CT molecular complexity index is 504. The van der Waals surface area contributed by atoms with E-state index in [1.165, 1.54) is 44.9 Å². The van der Waals surface area contributed by atoms with Crippen LogP contribution in [-0.2, 0) is 0 Å². The van der Waals surface area contributed by atoms with Crippen LogP contribution in [0.5, 0.6) is 0 Å². The summed E-state index contributed by atoms with van der Waals surface area (Å²) >= 11 is 0. The van der Waals surface area contributed by atoms with Gasteiger partial charge in [0, 0.05) is 0 Å². The van der Waals surface area contributed by atoms with Crippen molar-refractivity contribution in [2.24, 2.45) is 5.92 Å². The van der Waals surface area contributed by atoms with Crippen LogP contribution in [0.3, 0.4) is 0 Å². The number of hydrogen-bond acceptors (Lipinski definition) is 0. The molecular formula is C19H26Si. The summed E-state index contributed by atoms with van der Waals surface area (Å²) in [5.74, 6) is 0.986. The van der Waals surface area contributed by atoms with Crippen LogP contribution >= 0.6 is 0 Å². The van der Waals surface area contributed by atoms with Gasteiger partial charge in [0.2, 0.25) is 0 Å². The van der Waals surface area contributed by atoms with Crippen LogP contribution in [0.1, 0.15) is 51.9 Å². The van der Waals surface area contributed by atoms with E-state index in [9.17, 15) is 0 Å². The average Bonchev–Trinajstić information content (AvgIpc) is 2.81. The molecular weight excluding hydrogens is 256 g/mol. The maximum atomic E-state index is 2.51. The standard InChI is InChI=1S/C19H26Si/c1-15-12-19(20-18-10-6-3-7-11-18)14-17(15)13-16-8-4-2-5-9-16/h3,6-7,10-12,16H,2,4-5,8-9,13-14,20H2,1H3. The van der Waals surface area contributed by atoms with Crippen LogP contribution < -0.4 is 5.19 Å². The average molecular weight is 283 g/mol. The van der Waals surface area contributed by atoms with Gasteiger partial charge in [-0.2, -0.15) is 0 Å². The lowest BCUT2D eigenvalue weighted by atomic mass is 9.84. The van der Waals surface area contributed by atoms with Crippen LogP contribution in [0.4, 0.5) is 0 Å². The van der Waals surface area contributed by atoms with Crippen molar-refractivity contribution < 1.29 is 0 Å². The molecule has 1 heteroatoms. The first kappa shape index (κ1) is 13.9. The highest BCUT2D eigenvalue weighted by Gasteiger charge is 2.19. The number of allylic oxidation sites excluding steroid dienone is 4. The third kappa shape index (κ3) is 3.52. The SMILES string of the molecule is CC1=C(CC2CCCCC2)CC([SiH2]c2ccccc2)=C1. The maximum Gasteiger partial charge on any atom is 0.0828 e. The molecule has 0 saturated heterocycles. The predicted molar refractivity (Wildman–Crippen MR) is 91.2 cm³/mol. The van der Waals surface area contributed by atoms with Gasteiger partial charge >= 0.3 is 0 Å². The van der Waals surface area contributed by atoms with Crippen LogP contribution in [0.15, 0.2) is 52.8 Å². The molecule has 1 fully saturated rings. The van der Waals surface area contributed by atoms with E-state index in [1.54, 1.807) is 21.5 Å². The molecule has 0 heterocycles. The molecule has 2 aliphatic rings. The van der Waals surface area contributed by atoms with E-state index in [0.717, 1.165) is 5.92 Å². The lowest BCUT2D eigenvalue weighted by molar-refractivity contribution is 0.354. The van der Waals surface area contributed by atoms with E-state index in [0.29, 0.717) is 0 Å². The zero-order valence-corrected chi connectivity index (χ0v) is 14.1. The van der Waals surface area contributed by atoms with Crippen molar-refractivity contribution in [2.45, 2.75) is 51.9 Å². The highest BCUT2D eigenvalue weighted by molar-refractivity contribution is 6.61. The van der Waals surface area contributed by atoms with E-state index in [4.69, 9.17) is 0 Å². The normalized spacial score (nSPS) is 20.9. The molecule has 0 atom stereocenters. The number of benzene rings is 1. The Morgan fingerprint density at radius 2 is 1.80 bits per heavy atom. The third-order valence-corrected chi connectivity index (χ3v) is 6.74. The quantitative estimate of drug-likeness (QED) is 0.731. The van der Waals surface area contributed by atoms with Crippen molar-refractivity contribution >= 4 is 14.7 Å². The first-order valence-electron chi connectivity index (χ1n) is 8.23. The third-order valence-electron chi connectivity index (χ3n) is 4.95. The van der Waals surface area contributed by atoms with Crippen molar-refractivity contribution in [1.29, 1.82) is 0 Å². The van der Waals surface area contributed by atoms with Crippen molar-refractivity contribution in [1.82, 2.24) is 0 Å². The zero-order valence-electron chi connectivity index (χ0n) is 12.7. The van der Waals surface area contributed by atoms with E-state index < -0.39 is 0 Å². The molecule has 0 bridgehead atoms. The van der Waals surface area contributed by atoms with Gasteiger partial charge in [-0.05, 0) is 25.7 Å². The molecule has 0 spiro atoms. The second-order valence-electron chi connectivity index (χ2n) is 6.64. The Balaban J connectivity index is 1.56. The molecule has 2 aliphatic carbocycles. The smallest absolute Gasteiger partial charge is 0.0784 e. The minimum absolute atomic E-state index is 0.217. The van der Waals surface area contributed by atoms with Gasteiger partial charge in [0.15, 0.2) is 0 Å². The molecule has 1 saturated carbocycles. The summed E-state index contributed by atoms with van der Waals surface area (Å²) < 4.78 is 0. The van der Waals surface area contributed by atoms with E-state index in [2.05, 4.69) is 43.3 Å². The summed E-state index contributed by atoms with van der Waals surface area (Å²) in [5.41, 5.74) is 3.35. The molecule has 20 heavy (non-hydrogen) atoms. The number of hydrogen-bond donors (Lipinski definition) is 0. The Labute approximate surface area is 125 Å². The van der Waals surface area contributed by atoms with Crippen LogP contribution in [0, 0.1) is 5.92 Å². The summed E-state index contributed by atoms with van der Waals surface area (Å²) in [6.07, 6.45) is 12.5. The minimum atomic E-state index is -0.217. The summed E-state index contributed by atoms with van der Waals surface area (Å²) in [7, 11) is -0.217. The first-order chi connectivity index (χ1) is 9.81. The zero-order chi connectivity index (χ0) is 13.8. The van der Waals surface area contributed by atoms with Gasteiger partial charge < -0.3 is 0 Å². The largest absolute Gasteiger partial charge is 0.0828 e. The van der Waals surface area contributed by atoms with Gasteiger partial charge in [0.25, 0.3) is 0 Å². The summed E-state index contributed by atoms with van der Waals surface area (Å²) in [6.45, 7) is 2.34. The molecule has 0 N–H and O–H groups in total. The summed E-state index contributed by atoms with van der Waals surface area (Å²) in [4.78, 5) is 0. The van der Waals surface area contributed by atoms with Crippen LogP contribution in [-0.4, -0.2) is 9.52 Å². The van der Waals surface area contributed by atoms with Crippen LogP contribution in [0.2, 0.25) is 0 Å². The number of rotatable bonds is 4. The lowest BCUT2D eigenvalue weighted by Crippen LogP contribution is -2.15. The second kappa shape index (κ2) is 6.58. The lowest BCUT2D eigenvalue weighted by Gasteiger charge is -2.22. The molecule has 0 unspecified atom stereocenters. The highest BCUT2D eigenvalue weighted by Crippen LogP contribution is 2.35. The first-order valence-corrected chi connectivity index (χ1v) is 9.64. The molecule has 106 valence electrons. The molecule has 1 aromatic rings. The van der Waals surface area contributed by atoms with Crippen LogP contribution in [0.25, 0.3) is 0 Å². The van der Waals surface area contributed by atoms with Gasteiger partial charge in [-0.3, -0.25) is 0 Å². The Morgan fingerprint density at radius 3 is 2.55 bits per heavy atom. The fraction of sp³-hybridized carbons (Fsp3) is 0.474. The maximum absolute atomic E-state index is 2.51. The molecule has 0 nitrogen and oxygen atoms in total. The fourth-order valence-corrected chi connectivity index (χ4v) is 5.68. The minimum Gasteiger partial charge on any atom is -0.0784 e. The molecule has 0 aliphatic heterocycles. The molecule has 0 amide bonds. The Hall–Kier alpha value is -1.08. The topological polar surface area (TPSA) is 0 Å². The van der Waals surface area contributed by atoms with Crippen molar-refractivity contribution in [3.8, 4) is 0 Å². The Morgan fingerprint density at radius 1 is 1.05 bits per heavy atom. The molecule has 0 radical (unpaired) electrons. The van der Waals surface area contributed by atoms with Gasteiger partial charge in [-0.1, -0.05) is 90.0 Å². The van der Waals surface area contributed by atoms with Gasteiger partial charge in [0.05, 0.1) is 9.52 Å². The molecule has 0 aromatic heterocycles. The van der Waals surface area contributed by atoms with E-state index in [-0.39, 0.29) is 9.52 Å². The fourth-order valence-electron chi connectivity index (χ4n) is 3.82. The van der Waals surface area contributed by atoms with Gasteiger partial charge in [-0.25, -0.2) is 0 Å². The second-order valence-corrected chi connectivity index (χ2v) is 8.71. The monoisotopic (exact) mass is 282 g/mol. The van der Waals surface area contributed by atoms with E-state index in [1.807, 2.05) is 0 Å². The summed E-state index contributed by atoms with van der Waals surface area (Å²) in [5, 5.41) is 3.34. The summed E-state index contributed by atoms with van der Waals surface area (Å²) in [6, 6.07) is 11.1. The van der Waals surface area contributed by atoms with E-state index >= 15 is 0 Å². The highest BCUT2D eigenvalue weighted by atomic mass is 28.2. The van der Waals surface area contributed by atoms with Crippen molar-refractivity contribution in [2.75, 3.05) is 0 Å². The molecule has 1 aromatic carbocycles.